The fourth-order valence-corrected chi connectivity index (χ4v) is 3.04. The van der Waals surface area contributed by atoms with Crippen molar-refractivity contribution < 1.29 is 9.84 Å². The lowest BCUT2D eigenvalue weighted by Gasteiger charge is -2.29. The molecule has 2 heterocycles. The molecule has 1 aromatic heterocycles. The number of anilines is 1. The Morgan fingerprint density at radius 1 is 1.11 bits per heavy atom. The molecule has 1 aliphatic rings. The van der Waals surface area contributed by atoms with E-state index in [9.17, 15) is 5.11 Å². The Hall–Kier alpha value is -1.36. The van der Waals surface area contributed by atoms with Gasteiger partial charge in [-0.05, 0) is 29.1 Å². The van der Waals surface area contributed by atoms with Gasteiger partial charge in [-0.25, -0.2) is 0 Å². The average Bonchev–Trinajstić information content (AvgIpc) is 3.02. The second-order valence-corrected chi connectivity index (χ2v) is 5.59. The first-order chi connectivity index (χ1) is 9.34. The zero-order valence-electron chi connectivity index (χ0n) is 10.7. The maximum Gasteiger partial charge on any atom is 0.113 e. The molecular formula is C15H17NO2S. The van der Waals surface area contributed by atoms with E-state index < -0.39 is 6.10 Å². The van der Waals surface area contributed by atoms with E-state index in [4.69, 9.17) is 4.74 Å². The van der Waals surface area contributed by atoms with Crippen molar-refractivity contribution in [3.8, 4) is 0 Å². The van der Waals surface area contributed by atoms with E-state index in [1.807, 2.05) is 29.6 Å². The quantitative estimate of drug-likeness (QED) is 0.935. The molecule has 19 heavy (non-hydrogen) atoms. The summed E-state index contributed by atoms with van der Waals surface area (Å²) in [7, 11) is 0. The largest absolute Gasteiger partial charge is 0.383 e. The molecule has 0 spiro atoms. The van der Waals surface area contributed by atoms with Crippen LogP contribution in [0.2, 0.25) is 0 Å². The Morgan fingerprint density at radius 2 is 1.84 bits per heavy atom. The van der Waals surface area contributed by atoms with Gasteiger partial charge < -0.3 is 14.7 Å². The van der Waals surface area contributed by atoms with Gasteiger partial charge in [-0.15, -0.1) is 11.3 Å². The first kappa shape index (κ1) is 12.7. The van der Waals surface area contributed by atoms with Crippen LogP contribution in [-0.2, 0) is 4.74 Å². The summed E-state index contributed by atoms with van der Waals surface area (Å²) in [5, 5.41) is 12.2. The molecule has 1 aromatic carbocycles. The van der Waals surface area contributed by atoms with Crippen LogP contribution >= 0.6 is 11.3 Å². The van der Waals surface area contributed by atoms with Crippen LogP contribution in [0.15, 0.2) is 41.8 Å². The molecule has 0 bridgehead atoms. The second-order valence-electron chi connectivity index (χ2n) is 4.61. The van der Waals surface area contributed by atoms with Crippen molar-refractivity contribution in [2.45, 2.75) is 6.10 Å². The summed E-state index contributed by atoms with van der Waals surface area (Å²) in [6, 6.07) is 12.1. The molecular weight excluding hydrogens is 258 g/mol. The number of benzene rings is 1. The van der Waals surface area contributed by atoms with Crippen molar-refractivity contribution >= 4 is 17.0 Å². The number of hydrogen-bond donors (Lipinski definition) is 1. The van der Waals surface area contributed by atoms with Gasteiger partial charge in [-0.3, -0.25) is 0 Å². The van der Waals surface area contributed by atoms with Crippen molar-refractivity contribution in [2.75, 3.05) is 31.2 Å². The Balaban J connectivity index is 1.75. The third kappa shape index (κ3) is 2.81. The van der Waals surface area contributed by atoms with Crippen molar-refractivity contribution in [3.63, 3.8) is 0 Å². The predicted octanol–water partition coefficient (Wildman–Crippen LogP) is 2.67. The van der Waals surface area contributed by atoms with Crippen LogP contribution in [0, 0.1) is 0 Å². The van der Waals surface area contributed by atoms with E-state index in [0.29, 0.717) is 0 Å². The molecule has 4 heteroatoms. The maximum atomic E-state index is 10.3. The first-order valence-corrected chi connectivity index (χ1v) is 7.37. The molecule has 0 amide bonds. The average molecular weight is 275 g/mol. The van der Waals surface area contributed by atoms with E-state index >= 15 is 0 Å². The Kier molecular flexibility index (Phi) is 3.82. The molecule has 0 saturated carbocycles. The summed E-state index contributed by atoms with van der Waals surface area (Å²) < 4.78 is 5.35. The fraction of sp³-hybridized carbons (Fsp3) is 0.333. The molecule has 3 nitrogen and oxygen atoms in total. The zero-order valence-corrected chi connectivity index (χ0v) is 11.5. The molecule has 0 unspecified atom stereocenters. The summed E-state index contributed by atoms with van der Waals surface area (Å²) in [4.78, 5) is 3.30. The summed E-state index contributed by atoms with van der Waals surface area (Å²) in [6.45, 7) is 3.46. The van der Waals surface area contributed by atoms with Gasteiger partial charge in [0.25, 0.3) is 0 Å². The topological polar surface area (TPSA) is 32.7 Å². The number of ether oxygens (including phenoxy) is 1. The standard InChI is InChI=1S/C15H17NO2S/c17-15(14-2-1-11-19-14)12-3-5-13(6-4-12)16-7-9-18-10-8-16/h1-6,11,15,17H,7-10H2/t15-/m1/s1. The van der Waals surface area contributed by atoms with Crippen LogP contribution in [0.3, 0.4) is 0 Å². The number of nitrogens with zero attached hydrogens (tertiary/aromatic N) is 1. The minimum atomic E-state index is -0.515. The normalized spacial score (nSPS) is 17.4. The van der Waals surface area contributed by atoms with Crippen LogP contribution in [-0.4, -0.2) is 31.4 Å². The number of aliphatic hydroxyl groups excluding tert-OH is 1. The second kappa shape index (κ2) is 5.74. The van der Waals surface area contributed by atoms with Crippen molar-refractivity contribution in [2.24, 2.45) is 0 Å². The van der Waals surface area contributed by atoms with Crippen LogP contribution in [0.5, 0.6) is 0 Å². The van der Waals surface area contributed by atoms with E-state index in [0.717, 1.165) is 36.7 Å². The van der Waals surface area contributed by atoms with Crippen LogP contribution < -0.4 is 4.90 Å². The number of aliphatic hydroxyl groups is 1. The molecule has 1 aliphatic heterocycles. The van der Waals surface area contributed by atoms with Gasteiger partial charge in [0.05, 0.1) is 13.2 Å². The molecule has 1 atom stereocenters. The fourth-order valence-electron chi connectivity index (χ4n) is 2.30. The van der Waals surface area contributed by atoms with Crippen LogP contribution in [0.4, 0.5) is 5.69 Å². The smallest absolute Gasteiger partial charge is 0.113 e. The Bertz CT molecular complexity index is 503. The molecule has 0 radical (unpaired) electrons. The molecule has 1 saturated heterocycles. The van der Waals surface area contributed by atoms with Gasteiger partial charge in [0, 0.05) is 23.7 Å². The minimum Gasteiger partial charge on any atom is -0.383 e. The van der Waals surface area contributed by atoms with Gasteiger partial charge in [0.15, 0.2) is 0 Å². The van der Waals surface area contributed by atoms with E-state index in [-0.39, 0.29) is 0 Å². The molecule has 1 N–H and O–H groups in total. The monoisotopic (exact) mass is 275 g/mol. The highest BCUT2D eigenvalue weighted by atomic mass is 32.1. The number of hydrogen-bond acceptors (Lipinski definition) is 4. The molecule has 3 rings (SSSR count). The zero-order chi connectivity index (χ0) is 13.1. The maximum absolute atomic E-state index is 10.3. The Labute approximate surface area is 117 Å². The predicted molar refractivity (Wildman–Crippen MR) is 77.9 cm³/mol. The Morgan fingerprint density at radius 3 is 2.47 bits per heavy atom. The van der Waals surface area contributed by atoms with E-state index in [2.05, 4.69) is 17.0 Å². The van der Waals surface area contributed by atoms with E-state index in [1.165, 1.54) is 5.69 Å². The van der Waals surface area contributed by atoms with Crippen LogP contribution in [0.25, 0.3) is 0 Å². The van der Waals surface area contributed by atoms with Crippen molar-refractivity contribution in [1.82, 2.24) is 0 Å². The summed E-state index contributed by atoms with van der Waals surface area (Å²) in [5.41, 5.74) is 2.14. The van der Waals surface area contributed by atoms with Crippen LogP contribution in [0.1, 0.15) is 16.5 Å². The highest BCUT2D eigenvalue weighted by Crippen LogP contribution is 2.27. The van der Waals surface area contributed by atoms with Gasteiger partial charge in [-0.1, -0.05) is 18.2 Å². The minimum absolute atomic E-state index is 0.515. The molecule has 2 aromatic rings. The number of rotatable bonds is 3. The summed E-state index contributed by atoms with van der Waals surface area (Å²) in [5.74, 6) is 0. The lowest BCUT2D eigenvalue weighted by atomic mass is 10.1. The van der Waals surface area contributed by atoms with Gasteiger partial charge in [0.2, 0.25) is 0 Å². The summed E-state index contributed by atoms with van der Waals surface area (Å²) >= 11 is 1.58. The lowest BCUT2D eigenvalue weighted by Crippen LogP contribution is -2.36. The van der Waals surface area contributed by atoms with Crippen molar-refractivity contribution in [1.29, 1.82) is 0 Å². The number of thiophene rings is 1. The number of morpholine rings is 1. The van der Waals surface area contributed by atoms with Gasteiger partial charge >= 0.3 is 0 Å². The van der Waals surface area contributed by atoms with Crippen molar-refractivity contribution in [3.05, 3.63) is 52.2 Å². The molecule has 100 valence electrons. The van der Waals surface area contributed by atoms with Gasteiger partial charge in [-0.2, -0.15) is 0 Å². The third-order valence-corrected chi connectivity index (χ3v) is 4.32. The lowest BCUT2D eigenvalue weighted by molar-refractivity contribution is 0.122. The third-order valence-electron chi connectivity index (χ3n) is 3.40. The molecule has 0 aliphatic carbocycles. The SMILES string of the molecule is O[C@H](c1ccc(N2CCOCC2)cc1)c1cccs1. The highest BCUT2D eigenvalue weighted by molar-refractivity contribution is 7.10. The highest BCUT2D eigenvalue weighted by Gasteiger charge is 2.14. The molecule has 1 fully saturated rings. The summed E-state index contributed by atoms with van der Waals surface area (Å²) in [6.07, 6.45) is -0.515. The van der Waals surface area contributed by atoms with Gasteiger partial charge in [0.1, 0.15) is 6.10 Å². The first-order valence-electron chi connectivity index (χ1n) is 6.49. The van der Waals surface area contributed by atoms with E-state index in [1.54, 1.807) is 11.3 Å².